The summed E-state index contributed by atoms with van der Waals surface area (Å²) >= 11 is 1.74. The lowest BCUT2D eigenvalue weighted by atomic mass is 9.87. The third-order valence-electron chi connectivity index (χ3n) is 6.16. The lowest BCUT2D eigenvalue weighted by Gasteiger charge is -2.31. The maximum Gasteiger partial charge on any atom is 0.241 e. The zero-order valence-electron chi connectivity index (χ0n) is 20.5. The average Bonchev–Trinajstić information content (AvgIpc) is 3.28. The van der Waals surface area contributed by atoms with Crippen molar-refractivity contribution < 1.29 is 9.32 Å². The van der Waals surface area contributed by atoms with Gasteiger partial charge in [0.05, 0.1) is 18.2 Å². The molecule has 0 radical (unpaired) electrons. The van der Waals surface area contributed by atoms with E-state index in [9.17, 15) is 4.79 Å². The highest BCUT2D eigenvalue weighted by atomic mass is 32.2. The van der Waals surface area contributed by atoms with E-state index in [1.165, 1.54) is 5.56 Å². The number of carbonyl (C=O) groups is 1. The lowest BCUT2D eigenvalue weighted by molar-refractivity contribution is -0.121. The number of rotatable bonds is 7. The summed E-state index contributed by atoms with van der Waals surface area (Å²) in [6, 6.07) is 16.3. The molecule has 7 heteroatoms. The number of benzene rings is 2. The molecule has 1 aliphatic heterocycles. The van der Waals surface area contributed by atoms with Crippen molar-refractivity contribution >= 4 is 23.4 Å². The molecule has 0 aliphatic carbocycles. The molecule has 1 saturated heterocycles. The van der Waals surface area contributed by atoms with Gasteiger partial charge in [0.15, 0.2) is 0 Å². The zero-order valence-corrected chi connectivity index (χ0v) is 21.3. The summed E-state index contributed by atoms with van der Waals surface area (Å²) in [6.07, 6.45) is 1.86. The van der Waals surface area contributed by atoms with Crippen LogP contribution in [0.4, 0.5) is 5.69 Å². The van der Waals surface area contributed by atoms with Crippen LogP contribution in [0.1, 0.15) is 52.0 Å². The minimum absolute atomic E-state index is 0.0548. The quantitative estimate of drug-likeness (QED) is 0.420. The maximum absolute atomic E-state index is 13.0. The van der Waals surface area contributed by atoms with E-state index in [-0.39, 0.29) is 17.2 Å². The van der Waals surface area contributed by atoms with E-state index in [2.05, 4.69) is 66.3 Å². The molecule has 180 valence electrons. The SMILES string of the molecule is CCSc1ccccc1NC(=O)C1CCCN(Cc2nc(-c3ccc(C(C)(C)C)cc3)no2)C1. The third kappa shape index (κ3) is 6.07. The van der Waals surface area contributed by atoms with Crippen molar-refractivity contribution in [1.82, 2.24) is 15.0 Å². The molecule has 1 atom stereocenters. The molecule has 0 spiro atoms. The van der Waals surface area contributed by atoms with Crippen LogP contribution >= 0.6 is 11.8 Å². The first-order valence-corrected chi connectivity index (χ1v) is 13.0. The highest BCUT2D eigenvalue weighted by molar-refractivity contribution is 7.99. The molecular weight excluding hydrogens is 444 g/mol. The molecule has 1 N–H and O–H groups in total. The molecule has 3 aromatic rings. The number of anilines is 1. The smallest absolute Gasteiger partial charge is 0.241 e. The average molecular weight is 479 g/mol. The number of thioether (sulfide) groups is 1. The molecule has 1 aromatic heterocycles. The predicted octanol–water partition coefficient (Wildman–Crippen LogP) is 6.00. The topological polar surface area (TPSA) is 71.3 Å². The van der Waals surface area contributed by atoms with Crippen LogP contribution in [0.15, 0.2) is 57.9 Å². The Kier molecular flexibility index (Phi) is 7.73. The molecule has 6 nitrogen and oxygen atoms in total. The van der Waals surface area contributed by atoms with E-state index in [0.717, 1.165) is 41.3 Å². The van der Waals surface area contributed by atoms with Gasteiger partial charge in [0.2, 0.25) is 17.6 Å². The molecule has 2 heterocycles. The van der Waals surface area contributed by atoms with Gasteiger partial charge >= 0.3 is 0 Å². The van der Waals surface area contributed by atoms with Crippen LogP contribution < -0.4 is 5.32 Å². The summed E-state index contributed by atoms with van der Waals surface area (Å²) in [5.74, 6) is 2.18. The fraction of sp³-hybridized carbons (Fsp3) is 0.444. The van der Waals surface area contributed by atoms with E-state index in [0.29, 0.717) is 24.8 Å². The predicted molar refractivity (Wildman–Crippen MR) is 138 cm³/mol. The molecule has 1 fully saturated rings. The number of piperidine rings is 1. The van der Waals surface area contributed by atoms with Gasteiger partial charge in [0, 0.05) is 17.0 Å². The van der Waals surface area contributed by atoms with Gasteiger partial charge in [-0.15, -0.1) is 11.8 Å². The first kappa shape index (κ1) is 24.5. The summed E-state index contributed by atoms with van der Waals surface area (Å²) in [5, 5.41) is 7.34. The van der Waals surface area contributed by atoms with Crippen LogP contribution in [0.5, 0.6) is 0 Å². The first-order valence-electron chi connectivity index (χ1n) is 12.0. The van der Waals surface area contributed by atoms with Crippen molar-refractivity contribution in [2.45, 2.75) is 57.4 Å². The number of nitrogens with zero attached hydrogens (tertiary/aromatic N) is 3. The van der Waals surface area contributed by atoms with Crippen LogP contribution in [0.3, 0.4) is 0 Å². The standard InChI is InChI=1S/C27H34N4O2S/c1-5-34-23-11-7-6-10-22(23)28-26(32)20-9-8-16-31(17-20)18-24-29-25(30-33-24)19-12-14-21(15-13-19)27(2,3)4/h6-7,10-15,20H,5,8-9,16-18H2,1-4H3,(H,28,32). The molecule has 0 saturated carbocycles. The Morgan fingerprint density at radius 2 is 1.94 bits per heavy atom. The number of nitrogens with one attached hydrogen (secondary N) is 1. The first-order chi connectivity index (χ1) is 16.3. The van der Waals surface area contributed by atoms with Gasteiger partial charge < -0.3 is 9.84 Å². The van der Waals surface area contributed by atoms with E-state index < -0.39 is 0 Å². The second kappa shape index (κ2) is 10.7. The summed E-state index contributed by atoms with van der Waals surface area (Å²) < 4.78 is 5.55. The molecule has 34 heavy (non-hydrogen) atoms. The normalized spacial score (nSPS) is 17.0. The van der Waals surface area contributed by atoms with Crippen LogP contribution in [0.25, 0.3) is 11.4 Å². The Hall–Kier alpha value is -2.64. The third-order valence-corrected chi connectivity index (χ3v) is 7.11. The number of carbonyl (C=O) groups excluding carboxylic acids is 1. The molecule has 1 unspecified atom stereocenters. The Labute approximate surface area is 206 Å². The lowest BCUT2D eigenvalue weighted by Crippen LogP contribution is -2.40. The van der Waals surface area contributed by atoms with E-state index in [1.807, 2.05) is 30.3 Å². The van der Waals surface area contributed by atoms with Gasteiger partial charge in [-0.05, 0) is 48.3 Å². The second-order valence-corrected chi connectivity index (χ2v) is 11.1. The molecule has 1 aliphatic rings. The largest absolute Gasteiger partial charge is 0.338 e. The monoisotopic (exact) mass is 478 g/mol. The summed E-state index contributed by atoms with van der Waals surface area (Å²) in [4.78, 5) is 21.0. The fourth-order valence-corrected chi connectivity index (χ4v) is 5.01. The number of para-hydroxylation sites is 1. The highest BCUT2D eigenvalue weighted by Gasteiger charge is 2.27. The summed E-state index contributed by atoms with van der Waals surface area (Å²) in [5.41, 5.74) is 3.22. The van der Waals surface area contributed by atoms with Gasteiger partial charge in [0.1, 0.15) is 0 Å². The number of amides is 1. The number of aromatic nitrogens is 2. The summed E-state index contributed by atoms with van der Waals surface area (Å²) in [6.45, 7) is 10.9. The second-order valence-electron chi connectivity index (χ2n) is 9.83. The van der Waals surface area contributed by atoms with Gasteiger partial charge in [-0.2, -0.15) is 4.98 Å². The van der Waals surface area contributed by atoms with E-state index in [1.54, 1.807) is 11.8 Å². The van der Waals surface area contributed by atoms with Gasteiger partial charge in [-0.1, -0.05) is 69.2 Å². The Balaban J connectivity index is 1.36. The van der Waals surface area contributed by atoms with Crippen LogP contribution in [0, 0.1) is 5.92 Å². The minimum Gasteiger partial charge on any atom is -0.338 e. The Bertz CT molecular complexity index is 1100. The molecule has 2 aromatic carbocycles. The van der Waals surface area contributed by atoms with Crippen molar-refractivity contribution in [3.8, 4) is 11.4 Å². The fourth-order valence-electron chi connectivity index (χ4n) is 4.25. The molecule has 4 rings (SSSR count). The highest BCUT2D eigenvalue weighted by Crippen LogP contribution is 2.29. The van der Waals surface area contributed by atoms with Crippen molar-refractivity contribution in [1.29, 1.82) is 0 Å². The van der Waals surface area contributed by atoms with E-state index in [4.69, 9.17) is 4.52 Å². The summed E-state index contributed by atoms with van der Waals surface area (Å²) in [7, 11) is 0. The molecular formula is C27H34N4O2S. The van der Waals surface area contributed by atoms with Crippen LogP contribution in [0.2, 0.25) is 0 Å². The number of hydrogen-bond donors (Lipinski definition) is 1. The number of hydrogen-bond acceptors (Lipinski definition) is 6. The zero-order chi connectivity index (χ0) is 24.1. The van der Waals surface area contributed by atoms with Crippen molar-refractivity contribution in [3.05, 3.63) is 60.0 Å². The maximum atomic E-state index is 13.0. The van der Waals surface area contributed by atoms with Crippen molar-refractivity contribution in [3.63, 3.8) is 0 Å². The van der Waals surface area contributed by atoms with E-state index >= 15 is 0 Å². The Morgan fingerprint density at radius 3 is 2.68 bits per heavy atom. The molecule has 0 bridgehead atoms. The molecule has 1 amide bonds. The van der Waals surface area contributed by atoms with Gasteiger partial charge in [-0.3, -0.25) is 9.69 Å². The van der Waals surface area contributed by atoms with Gasteiger partial charge in [0.25, 0.3) is 0 Å². The van der Waals surface area contributed by atoms with Crippen LogP contribution in [-0.4, -0.2) is 39.8 Å². The van der Waals surface area contributed by atoms with Crippen molar-refractivity contribution in [2.24, 2.45) is 5.92 Å². The van der Waals surface area contributed by atoms with Gasteiger partial charge in [-0.25, -0.2) is 0 Å². The van der Waals surface area contributed by atoms with Crippen LogP contribution in [-0.2, 0) is 16.8 Å². The van der Waals surface area contributed by atoms with Crippen molar-refractivity contribution in [2.75, 3.05) is 24.2 Å². The number of likely N-dealkylation sites (tertiary alicyclic amines) is 1. The Morgan fingerprint density at radius 1 is 1.18 bits per heavy atom. The minimum atomic E-state index is -0.0548.